The lowest BCUT2D eigenvalue weighted by Crippen LogP contribution is -2.29. The van der Waals surface area contributed by atoms with E-state index >= 15 is 0 Å². The van der Waals surface area contributed by atoms with E-state index in [-0.39, 0.29) is 28.5 Å². The molecule has 2 heterocycles. The lowest BCUT2D eigenvalue weighted by Gasteiger charge is -2.20. The molecule has 0 unspecified atom stereocenters. The minimum atomic E-state index is -0.394. The molecule has 1 saturated heterocycles. The Bertz CT molecular complexity index is 1080. The third-order valence-electron chi connectivity index (χ3n) is 6.75. The summed E-state index contributed by atoms with van der Waals surface area (Å²) in [5.74, 6) is -0.684. The van der Waals surface area contributed by atoms with E-state index in [9.17, 15) is 19.8 Å². The van der Waals surface area contributed by atoms with Crippen molar-refractivity contribution in [3.63, 3.8) is 0 Å². The number of phenolic OH excluding ortho intramolecular Hbond substituents is 2. The Morgan fingerprint density at radius 2 is 1.71 bits per heavy atom. The molecular formula is C27H35N3O5. The lowest BCUT2D eigenvalue weighted by molar-refractivity contribution is 0.0748. The van der Waals surface area contributed by atoms with Crippen LogP contribution < -0.4 is 4.74 Å². The van der Waals surface area contributed by atoms with E-state index in [4.69, 9.17) is 4.74 Å². The van der Waals surface area contributed by atoms with E-state index in [1.54, 1.807) is 11.9 Å². The summed E-state index contributed by atoms with van der Waals surface area (Å²) in [6, 6.07) is 8.24. The molecule has 8 heteroatoms. The first-order valence-electron chi connectivity index (χ1n) is 12.4. The second-order valence-corrected chi connectivity index (χ2v) is 9.46. The summed E-state index contributed by atoms with van der Waals surface area (Å²) in [7, 11) is 1.64. The fraction of sp³-hybridized carbons (Fsp3) is 0.481. The molecule has 1 fully saturated rings. The molecule has 2 N–H and O–H groups in total. The van der Waals surface area contributed by atoms with Gasteiger partial charge in [0.05, 0.1) is 17.7 Å². The van der Waals surface area contributed by atoms with Gasteiger partial charge in [-0.15, -0.1) is 0 Å². The third-order valence-corrected chi connectivity index (χ3v) is 6.75. The molecule has 0 atom stereocenters. The standard InChI is InChI=1S/C27H35N3O5/c1-3-9-28(2)26(33)22-15-23(25(32)16-24(22)31)27(34)30-17-19-7-8-21(14-20(19)18-30)35-13-6-12-29-10-4-5-11-29/h7-8,14-16,31-32H,3-6,9-13,17-18H2,1-2H3. The minimum absolute atomic E-state index is 0.00207. The zero-order valence-corrected chi connectivity index (χ0v) is 20.6. The van der Waals surface area contributed by atoms with Gasteiger partial charge in [-0.05, 0) is 68.1 Å². The van der Waals surface area contributed by atoms with Gasteiger partial charge in [-0.3, -0.25) is 9.59 Å². The molecule has 2 aliphatic heterocycles. The summed E-state index contributed by atoms with van der Waals surface area (Å²) >= 11 is 0. The van der Waals surface area contributed by atoms with E-state index in [1.165, 1.54) is 36.9 Å². The number of rotatable bonds is 9. The van der Waals surface area contributed by atoms with Crippen molar-refractivity contribution < 1.29 is 24.5 Å². The van der Waals surface area contributed by atoms with Crippen molar-refractivity contribution in [3.05, 3.63) is 52.6 Å². The summed E-state index contributed by atoms with van der Waals surface area (Å²) < 4.78 is 5.95. The number of carbonyl (C=O) groups excluding carboxylic acids is 2. The normalized spacial score (nSPS) is 15.3. The van der Waals surface area contributed by atoms with Gasteiger partial charge < -0.3 is 29.6 Å². The molecule has 4 rings (SSSR count). The van der Waals surface area contributed by atoms with E-state index in [2.05, 4.69) is 4.90 Å². The Labute approximate surface area is 206 Å². The van der Waals surface area contributed by atoms with Crippen LogP contribution >= 0.6 is 0 Å². The third kappa shape index (κ3) is 5.70. The second kappa shape index (κ2) is 11.0. The smallest absolute Gasteiger partial charge is 0.258 e. The number of hydrogen-bond donors (Lipinski definition) is 2. The van der Waals surface area contributed by atoms with Gasteiger partial charge >= 0.3 is 0 Å². The van der Waals surface area contributed by atoms with Crippen molar-refractivity contribution in [2.24, 2.45) is 0 Å². The number of likely N-dealkylation sites (tertiary alicyclic amines) is 1. The number of fused-ring (bicyclic) bond motifs is 1. The van der Waals surface area contributed by atoms with Crippen LogP contribution in [0.15, 0.2) is 30.3 Å². The van der Waals surface area contributed by atoms with Crippen molar-refractivity contribution in [1.82, 2.24) is 14.7 Å². The Hall–Kier alpha value is -3.26. The van der Waals surface area contributed by atoms with Crippen LogP contribution in [0.25, 0.3) is 0 Å². The SMILES string of the molecule is CCCN(C)C(=O)c1cc(C(=O)N2Cc3ccc(OCCCN4CCCC4)cc3C2)c(O)cc1O. The van der Waals surface area contributed by atoms with Crippen LogP contribution in [0.5, 0.6) is 17.2 Å². The number of aromatic hydroxyl groups is 2. The molecule has 2 amide bonds. The van der Waals surface area contributed by atoms with Gasteiger partial charge in [-0.1, -0.05) is 13.0 Å². The molecule has 2 aromatic rings. The highest BCUT2D eigenvalue weighted by atomic mass is 16.5. The van der Waals surface area contributed by atoms with Gasteiger partial charge in [0.1, 0.15) is 17.2 Å². The molecular weight excluding hydrogens is 446 g/mol. The van der Waals surface area contributed by atoms with Crippen molar-refractivity contribution in [1.29, 1.82) is 0 Å². The number of benzene rings is 2. The van der Waals surface area contributed by atoms with E-state index in [1.807, 2.05) is 25.1 Å². The molecule has 8 nitrogen and oxygen atoms in total. The number of carbonyl (C=O) groups is 2. The first kappa shape index (κ1) is 24.9. The number of amides is 2. The predicted molar refractivity (Wildman–Crippen MR) is 133 cm³/mol. The molecule has 2 aromatic carbocycles. The molecule has 0 saturated carbocycles. The number of hydrogen-bond acceptors (Lipinski definition) is 6. The summed E-state index contributed by atoms with van der Waals surface area (Å²) in [6.45, 7) is 7.35. The maximum atomic E-state index is 13.3. The van der Waals surface area contributed by atoms with Crippen LogP contribution in [0.2, 0.25) is 0 Å². The molecule has 35 heavy (non-hydrogen) atoms. The Morgan fingerprint density at radius 1 is 1.00 bits per heavy atom. The Kier molecular flexibility index (Phi) is 7.80. The zero-order valence-electron chi connectivity index (χ0n) is 20.6. The van der Waals surface area contributed by atoms with Crippen molar-refractivity contribution in [2.75, 3.05) is 39.8 Å². The van der Waals surface area contributed by atoms with Crippen LogP contribution in [-0.4, -0.2) is 76.6 Å². The fourth-order valence-corrected chi connectivity index (χ4v) is 4.82. The highest BCUT2D eigenvalue weighted by Crippen LogP contribution is 2.33. The van der Waals surface area contributed by atoms with E-state index < -0.39 is 5.91 Å². The van der Waals surface area contributed by atoms with Crippen LogP contribution in [0.3, 0.4) is 0 Å². The van der Waals surface area contributed by atoms with Gasteiger partial charge in [0.2, 0.25) is 0 Å². The molecule has 2 aliphatic rings. The average molecular weight is 482 g/mol. The molecule has 0 aliphatic carbocycles. The molecule has 188 valence electrons. The van der Waals surface area contributed by atoms with Crippen LogP contribution in [0, 0.1) is 0 Å². The number of ether oxygens (including phenoxy) is 1. The van der Waals surface area contributed by atoms with Crippen molar-refractivity contribution >= 4 is 11.8 Å². The Morgan fingerprint density at radius 3 is 2.46 bits per heavy atom. The summed E-state index contributed by atoms with van der Waals surface area (Å²) in [5.41, 5.74) is 2.04. The Balaban J connectivity index is 1.40. The summed E-state index contributed by atoms with van der Waals surface area (Å²) in [5, 5.41) is 20.6. The first-order valence-corrected chi connectivity index (χ1v) is 12.4. The average Bonchev–Trinajstić information content (AvgIpc) is 3.51. The second-order valence-electron chi connectivity index (χ2n) is 9.46. The topological polar surface area (TPSA) is 93.6 Å². The minimum Gasteiger partial charge on any atom is -0.507 e. The van der Waals surface area contributed by atoms with Crippen molar-refractivity contribution in [2.45, 2.75) is 45.7 Å². The van der Waals surface area contributed by atoms with Crippen molar-refractivity contribution in [3.8, 4) is 17.2 Å². The van der Waals surface area contributed by atoms with Gasteiger partial charge in [-0.25, -0.2) is 0 Å². The van der Waals surface area contributed by atoms with Gasteiger partial charge in [0.25, 0.3) is 11.8 Å². The predicted octanol–water partition coefficient (Wildman–Crippen LogP) is 3.60. The number of phenols is 2. The van der Waals surface area contributed by atoms with Crippen LogP contribution in [0.4, 0.5) is 0 Å². The monoisotopic (exact) mass is 481 g/mol. The lowest BCUT2D eigenvalue weighted by atomic mass is 10.1. The quantitative estimate of drug-likeness (QED) is 0.532. The van der Waals surface area contributed by atoms with E-state index in [0.717, 1.165) is 42.3 Å². The van der Waals surface area contributed by atoms with Crippen LogP contribution in [0.1, 0.15) is 64.4 Å². The zero-order chi connectivity index (χ0) is 24.9. The van der Waals surface area contributed by atoms with E-state index in [0.29, 0.717) is 26.2 Å². The maximum absolute atomic E-state index is 13.3. The molecule has 0 spiro atoms. The van der Waals surface area contributed by atoms with Gasteiger partial charge in [0, 0.05) is 39.3 Å². The fourth-order valence-electron chi connectivity index (χ4n) is 4.82. The maximum Gasteiger partial charge on any atom is 0.258 e. The summed E-state index contributed by atoms with van der Waals surface area (Å²) in [4.78, 5) is 31.5. The van der Waals surface area contributed by atoms with Gasteiger partial charge in [0.15, 0.2) is 0 Å². The highest BCUT2D eigenvalue weighted by molar-refractivity contribution is 6.03. The molecule has 0 aromatic heterocycles. The number of nitrogens with zero attached hydrogens (tertiary/aromatic N) is 3. The largest absolute Gasteiger partial charge is 0.507 e. The highest BCUT2D eigenvalue weighted by Gasteiger charge is 2.28. The van der Waals surface area contributed by atoms with Gasteiger partial charge in [-0.2, -0.15) is 0 Å². The van der Waals surface area contributed by atoms with Crippen LogP contribution in [-0.2, 0) is 13.1 Å². The first-order chi connectivity index (χ1) is 16.9. The molecule has 0 bridgehead atoms. The summed E-state index contributed by atoms with van der Waals surface area (Å²) in [6.07, 6.45) is 4.33. The molecule has 0 radical (unpaired) electrons.